The molecular weight excluding hydrogens is 236 g/mol. The Kier molecular flexibility index (Phi) is 3.30. The van der Waals surface area contributed by atoms with Gasteiger partial charge in [0.25, 0.3) is 0 Å². The van der Waals surface area contributed by atoms with Crippen molar-refractivity contribution in [3.8, 4) is 0 Å². The van der Waals surface area contributed by atoms with Crippen LogP contribution in [0.4, 0.5) is 0 Å². The summed E-state index contributed by atoms with van der Waals surface area (Å²) in [7, 11) is 0. The normalized spacial score (nSPS) is 17.5. The highest BCUT2D eigenvalue weighted by atomic mass is 16.3. The molecule has 0 radical (unpaired) electrons. The molecule has 19 heavy (non-hydrogen) atoms. The van der Waals surface area contributed by atoms with Crippen molar-refractivity contribution in [1.82, 2.24) is 9.97 Å². The fraction of sp³-hybridized carbons (Fsp3) is 0.375. The van der Waals surface area contributed by atoms with E-state index in [9.17, 15) is 0 Å². The summed E-state index contributed by atoms with van der Waals surface area (Å²) in [5.41, 5.74) is 2.05. The van der Waals surface area contributed by atoms with Crippen LogP contribution >= 0.6 is 0 Å². The lowest BCUT2D eigenvalue weighted by Gasteiger charge is -2.28. The third-order valence-corrected chi connectivity index (χ3v) is 4.10. The van der Waals surface area contributed by atoms with E-state index in [1.807, 2.05) is 6.07 Å². The van der Waals surface area contributed by atoms with Gasteiger partial charge in [-0.05, 0) is 18.4 Å². The molecule has 1 aliphatic carbocycles. The molecule has 3 nitrogen and oxygen atoms in total. The van der Waals surface area contributed by atoms with Crippen LogP contribution in [0, 0.1) is 0 Å². The van der Waals surface area contributed by atoms with E-state index in [1.54, 1.807) is 12.4 Å². The van der Waals surface area contributed by atoms with Gasteiger partial charge in [0.1, 0.15) is 5.82 Å². The standard InChI is InChI=1S/C16H18N2O/c19-12-13-10-17-15(18-11-13)16(8-4-5-9-16)14-6-2-1-3-7-14/h1-3,6-7,10-11,19H,4-5,8-9,12H2. The third-order valence-electron chi connectivity index (χ3n) is 4.10. The van der Waals surface area contributed by atoms with Crippen LogP contribution in [0.5, 0.6) is 0 Å². The van der Waals surface area contributed by atoms with Crippen molar-refractivity contribution >= 4 is 0 Å². The minimum atomic E-state index is -0.0325. The summed E-state index contributed by atoms with van der Waals surface area (Å²) in [5.74, 6) is 0.897. The number of aliphatic hydroxyl groups excluding tert-OH is 1. The molecule has 1 aliphatic rings. The first-order chi connectivity index (χ1) is 9.35. The van der Waals surface area contributed by atoms with Crippen molar-refractivity contribution in [2.75, 3.05) is 0 Å². The number of nitrogens with zero attached hydrogens (tertiary/aromatic N) is 2. The minimum Gasteiger partial charge on any atom is -0.392 e. The summed E-state index contributed by atoms with van der Waals surface area (Å²) >= 11 is 0. The lowest BCUT2D eigenvalue weighted by molar-refractivity contribution is 0.280. The predicted octanol–water partition coefficient (Wildman–Crippen LogP) is 2.83. The topological polar surface area (TPSA) is 46.0 Å². The molecule has 1 fully saturated rings. The Bertz CT molecular complexity index is 530. The Morgan fingerprint density at radius 3 is 2.21 bits per heavy atom. The molecule has 0 saturated heterocycles. The molecule has 1 N–H and O–H groups in total. The second kappa shape index (κ2) is 5.10. The quantitative estimate of drug-likeness (QED) is 0.916. The van der Waals surface area contributed by atoms with Crippen molar-refractivity contribution in [3.63, 3.8) is 0 Å². The average Bonchev–Trinajstić information content (AvgIpc) is 2.99. The zero-order valence-corrected chi connectivity index (χ0v) is 10.9. The van der Waals surface area contributed by atoms with E-state index in [1.165, 1.54) is 18.4 Å². The van der Waals surface area contributed by atoms with E-state index in [-0.39, 0.29) is 12.0 Å². The summed E-state index contributed by atoms with van der Waals surface area (Å²) in [6, 6.07) is 10.6. The molecule has 0 atom stereocenters. The molecule has 1 aromatic carbocycles. The number of hydrogen-bond acceptors (Lipinski definition) is 3. The molecule has 0 spiro atoms. The Morgan fingerprint density at radius 2 is 1.63 bits per heavy atom. The van der Waals surface area contributed by atoms with Crippen LogP contribution in [0.3, 0.4) is 0 Å². The van der Waals surface area contributed by atoms with Gasteiger partial charge in [-0.1, -0.05) is 43.2 Å². The molecule has 0 amide bonds. The maximum atomic E-state index is 9.10. The lowest BCUT2D eigenvalue weighted by Crippen LogP contribution is -2.26. The Morgan fingerprint density at radius 1 is 1.00 bits per heavy atom. The Balaban J connectivity index is 2.05. The first kappa shape index (κ1) is 12.3. The van der Waals surface area contributed by atoms with E-state index in [2.05, 4.69) is 34.2 Å². The monoisotopic (exact) mass is 254 g/mol. The van der Waals surface area contributed by atoms with E-state index >= 15 is 0 Å². The van der Waals surface area contributed by atoms with Gasteiger partial charge in [-0.2, -0.15) is 0 Å². The minimum absolute atomic E-state index is 0.00137. The van der Waals surface area contributed by atoms with Gasteiger partial charge in [-0.15, -0.1) is 0 Å². The first-order valence-electron chi connectivity index (χ1n) is 6.83. The predicted molar refractivity (Wildman–Crippen MR) is 73.6 cm³/mol. The van der Waals surface area contributed by atoms with Gasteiger partial charge in [0.2, 0.25) is 0 Å². The highest BCUT2D eigenvalue weighted by Gasteiger charge is 2.39. The zero-order valence-electron chi connectivity index (χ0n) is 10.9. The van der Waals surface area contributed by atoms with Crippen LogP contribution in [0.2, 0.25) is 0 Å². The lowest BCUT2D eigenvalue weighted by atomic mass is 9.78. The molecular formula is C16H18N2O. The fourth-order valence-electron chi connectivity index (χ4n) is 3.06. The van der Waals surface area contributed by atoms with E-state index in [4.69, 9.17) is 5.11 Å². The smallest absolute Gasteiger partial charge is 0.138 e. The SMILES string of the molecule is OCc1cnc(C2(c3ccccc3)CCCC2)nc1. The number of benzene rings is 1. The Hall–Kier alpha value is -1.74. The van der Waals surface area contributed by atoms with Crippen molar-refractivity contribution in [2.45, 2.75) is 37.7 Å². The van der Waals surface area contributed by atoms with Crippen molar-refractivity contribution < 1.29 is 5.11 Å². The molecule has 1 saturated carbocycles. The fourth-order valence-corrected chi connectivity index (χ4v) is 3.06. The largest absolute Gasteiger partial charge is 0.392 e. The van der Waals surface area contributed by atoms with Gasteiger partial charge in [-0.25, -0.2) is 9.97 Å². The number of aliphatic hydroxyl groups is 1. The van der Waals surface area contributed by atoms with Gasteiger partial charge in [0.15, 0.2) is 0 Å². The van der Waals surface area contributed by atoms with Gasteiger partial charge in [-0.3, -0.25) is 0 Å². The van der Waals surface area contributed by atoms with Gasteiger partial charge < -0.3 is 5.11 Å². The summed E-state index contributed by atoms with van der Waals surface area (Å²) in [6.45, 7) is -0.00137. The van der Waals surface area contributed by atoms with Crippen LogP contribution < -0.4 is 0 Å². The van der Waals surface area contributed by atoms with Gasteiger partial charge >= 0.3 is 0 Å². The second-order valence-electron chi connectivity index (χ2n) is 5.23. The van der Waals surface area contributed by atoms with Crippen molar-refractivity contribution in [2.24, 2.45) is 0 Å². The molecule has 0 bridgehead atoms. The zero-order chi connectivity index (χ0) is 13.1. The highest BCUT2D eigenvalue weighted by Crippen LogP contribution is 2.44. The maximum Gasteiger partial charge on any atom is 0.138 e. The molecule has 1 aromatic heterocycles. The van der Waals surface area contributed by atoms with E-state index in [0.29, 0.717) is 0 Å². The molecule has 3 rings (SSSR count). The van der Waals surface area contributed by atoms with Crippen LogP contribution in [0.1, 0.15) is 42.6 Å². The van der Waals surface area contributed by atoms with Crippen LogP contribution in [-0.4, -0.2) is 15.1 Å². The summed E-state index contributed by atoms with van der Waals surface area (Å²) in [4.78, 5) is 9.02. The number of hydrogen-bond donors (Lipinski definition) is 1. The molecule has 1 heterocycles. The molecule has 3 heteroatoms. The summed E-state index contributed by atoms with van der Waals surface area (Å²) in [6.07, 6.45) is 8.14. The Labute approximate surface area is 113 Å². The molecule has 0 unspecified atom stereocenters. The first-order valence-corrected chi connectivity index (χ1v) is 6.83. The highest BCUT2D eigenvalue weighted by molar-refractivity contribution is 5.34. The van der Waals surface area contributed by atoms with Crippen LogP contribution in [0.25, 0.3) is 0 Å². The molecule has 2 aromatic rings. The van der Waals surface area contributed by atoms with E-state index < -0.39 is 0 Å². The average molecular weight is 254 g/mol. The molecule has 0 aliphatic heterocycles. The second-order valence-corrected chi connectivity index (χ2v) is 5.23. The van der Waals surface area contributed by atoms with E-state index in [0.717, 1.165) is 24.2 Å². The molecule has 98 valence electrons. The maximum absolute atomic E-state index is 9.10. The van der Waals surface area contributed by atoms with Gasteiger partial charge in [0.05, 0.1) is 12.0 Å². The van der Waals surface area contributed by atoms with Crippen LogP contribution in [-0.2, 0) is 12.0 Å². The number of aromatic nitrogens is 2. The third kappa shape index (κ3) is 2.15. The van der Waals surface area contributed by atoms with Crippen molar-refractivity contribution in [3.05, 3.63) is 59.7 Å². The summed E-state index contributed by atoms with van der Waals surface area (Å²) in [5, 5.41) is 9.10. The van der Waals surface area contributed by atoms with Crippen molar-refractivity contribution in [1.29, 1.82) is 0 Å². The summed E-state index contributed by atoms with van der Waals surface area (Å²) < 4.78 is 0. The van der Waals surface area contributed by atoms with Gasteiger partial charge in [0, 0.05) is 18.0 Å². The number of rotatable bonds is 3. The van der Waals surface area contributed by atoms with Crippen LogP contribution in [0.15, 0.2) is 42.7 Å².